The summed E-state index contributed by atoms with van der Waals surface area (Å²) in [6.07, 6.45) is 8.36. The number of methoxy groups -OCH3 is 1. The van der Waals surface area contributed by atoms with Crippen LogP contribution in [0, 0.1) is 11.8 Å². The van der Waals surface area contributed by atoms with Crippen molar-refractivity contribution in [2.75, 3.05) is 32.5 Å². The van der Waals surface area contributed by atoms with E-state index in [-0.39, 0.29) is 11.8 Å². The first-order chi connectivity index (χ1) is 16.1. The number of pyridine rings is 1. The molecule has 0 aliphatic carbocycles. The van der Waals surface area contributed by atoms with Gasteiger partial charge in [0.15, 0.2) is 5.09 Å². The molecule has 7 heteroatoms. The van der Waals surface area contributed by atoms with Crippen LogP contribution >= 0.6 is 11.8 Å². The molecule has 3 aromatic rings. The van der Waals surface area contributed by atoms with Gasteiger partial charge in [-0.1, -0.05) is 11.8 Å². The van der Waals surface area contributed by atoms with Gasteiger partial charge in [0, 0.05) is 23.9 Å². The van der Waals surface area contributed by atoms with Gasteiger partial charge in [0.1, 0.15) is 5.75 Å². The second-order valence-corrected chi connectivity index (χ2v) is 9.77. The summed E-state index contributed by atoms with van der Waals surface area (Å²) in [5, 5.41) is 11.9. The van der Waals surface area contributed by atoms with Gasteiger partial charge in [-0.25, -0.2) is 0 Å². The van der Waals surface area contributed by atoms with E-state index in [0.29, 0.717) is 6.54 Å². The van der Waals surface area contributed by atoms with Gasteiger partial charge in [0.05, 0.1) is 24.8 Å². The maximum absolute atomic E-state index is 12.0. The largest absolute Gasteiger partial charge is 0.497 e. The maximum Gasteiger partial charge on any atom is 0.308 e. The van der Waals surface area contributed by atoms with Crippen LogP contribution in [0.2, 0.25) is 0 Å². The number of benzene rings is 1. The number of aryl methyl sites for hydroxylation is 1. The number of likely N-dealkylation sites (tertiary alicyclic amines) is 1. The predicted octanol–water partition coefficient (Wildman–Crippen LogP) is 5.36. The number of carboxylic acid groups (broad SMARTS) is 1. The highest BCUT2D eigenvalue weighted by Crippen LogP contribution is 2.30. The average molecular weight is 469 g/mol. The van der Waals surface area contributed by atoms with Crippen molar-refractivity contribution in [1.29, 1.82) is 0 Å². The third-order valence-corrected chi connectivity index (χ3v) is 7.58. The van der Waals surface area contributed by atoms with Crippen LogP contribution < -0.4 is 4.74 Å². The molecular weight excluding hydrogens is 436 g/mol. The van der Waals surface area contributed by atoms with Crippen LogP contribution in [0.3, 0.4) is 0 Å². The Kier molecular flexibility index (Phi) is 8.29. The number of carboxylic acids is 1. The lowest BCUT2D eigenvalue weighted by atomic mass is 9.81. The molecular formula is C26H32N2O4S. The summed E-state index contributed by atoms with van der Waals surface area (Å²) in [6.45, 7) is 2.57. The molecule has 2 aromatic heterocycles. The Balaban J connectivity index is 1.27. The number of nitrogens with zero attached hydrogens (tertiary/aromatic N) is 2. The summed E-state index contributed by atoms with van der Waals surface area (Å²) >= 11 is 1.71. The van der Waals surface area contributed by atoms with E-state index in [0.717, 1.165) is 72.7 Å². The molecule has 1 N–H and O–H groups in total. The second-order valence-electron chi connectivity index (χ2n) is 8.67. The topological polar surface area (TPSA) is 75.8 Å². The minimum absolute atomic E-state index is 0.235. The third kappa shape index (κ3) is 6.30. The first-order valence-corrected chi connectivity index (χ1v) is 12.7. The lowest BCUT2D eigenvalue weighted by molar-refractivity contribution is -0.146. The van der Waals surface area contributed by atoms with E-state index in [2.05, 4.69) is 16.0 Å². The molecule has 2 atom stereocenters. The lowest BCUT2D eigenvalue weighted by Gasteiger charge is -2.36. The quantitative estimate of drug-likeness (QED) is 0.300. The predicted molar refractivity (Wildman–Crippen MR) is 131 cm³/mol. The fraction of sp³-hybridized carbons (Fsp3) is 0.462. The van der Waals surface area contributed by atoms with Crippen LogP contribution in [0.25, 0.3) is 10.9 Å². The van der Waals surface area contributed by atoms with Gasteiger partial charge in [-0.3, -0.25) is 9.78 Å². The van der Waals surface area contributed by atoms with Gasteiger partial charge in [0.25, 0.3) is 0 Å². The number of rotatable bonds is 11. The summed E-state index contributed by atoms with van der Waals surface area (Å²) in [6, 6.07) is 11.9. The smallest absolute Gasteiger partial charge is 0.308 e. The summed E-state index contributed by atoms with van der Waals surface area (Å²) in [4.78, 5) is 18.8. The monoisotopic (exact) mass is 468 g/mol. The number of hydrogen-bond donors (Lipinski definition) is 1. The Morgan fingerprint density at radius 2 is 2.21 bits per heavy atom. The van der Waals surface area contributed by atoms with Crippen LogP contribution in [-0.2, 0) is 11.2 Å². The highest BCUT2D eigenvalue weighted by molar-refractivity contribution is 7.99. The van der Waals surface area contributed by atoms with Crippen LogP contribution in [-0.4, -0.2) is 53.5 Å². The number of piperidine rings is 1. The van der Waals surface area contributed by atoms with Gasteiger partial charge < -0.3 is 19.2 Å². The Morgan fingerprint density at radius 1 is 1.30 bits per heavy atom. The fourth-order valence-electron chi connectivity index (χ4n) is 4.78. The zero-order valence-electron chi connectivity index (χ0n) is 19.1. The molecule has 1 saturated heterocycles. The van der Waals surface area contributed by atoms with Crippen molar-refractivity contribution in [3.8, 4) is 5.75 Å². The number of furan rings is 1. The van der Waals surface area contributed by atoms with Crippen LogP contribution in [0.15, 0.2) is 58.4 Å². The molecule has 1 aliphatic rings. The summed E-state index contributed by atoms with van der Waals surface area (Å²) in [5.41, 5.74) is 2.22. The maximum atomic E-state index is 12.0. The molecule has 0 amide bonds. The molecule has 1 fully saturated rings. The van der Waals surface area contributed by atoms with Crippen molar-refractivity contribution in [3.63, 3.8) is 0 Å². The van der Waals surface area contributed by atoms with E-state index in [4.69, 9.17) is 9.15 Å². The normalized spacial score (nSPS) is 19.1. The van der Waals surface area contributed by atoms with E-state index in [1.165, 1.54) is 5.56 Å². The number of fused-ring (bicyclic) bond motifs is 1. The zero-order chi connectivity index (χ0) is 23.0. The minimum atomic E-state index is -0.659. The molecule has 33 heavy (non-hydrogen) atoms. The standard InChI is InChI=1S/C26H32N2O4S/c1-31-21-8-9-24-22(17-21)19(10-12-27-24)5-2-6-20-11-14-28(18-23(20)26(29)30)13-4-16-33-25-7-3-15-32-25/h3,7-10,12,15,17,20,23H,2,4-6,11,13-14,16,18H2,1H3,(H,29,30)/t20-,23+/m1/s1. The number of ether oxygens (including phenoxy) is 1. The summed E-state index contributed by atoms with van der Waals surface area (Å²) in [5.74, 6) is 1.10. The first-order valence-electron chi connectivity index (χ1n) is 11.7. The highest BCUT2D eigenvalue weighted by atomic mass is 32.2. The number of hydrogen-bond acceptors (Lipinski definition) is 6. The molecule has 6 nitrogen and oxygen atoms in total. The van der Waals surface area contributed by atoms with Crippen LogP contribution in [0.1, 0.15) is 31.2 Å². The molecule has 1 aliphatic heterocycles. The van der Waals surface area contributed by atoms with Gasteiger partial charge in [-0.2, -0.15) is 0 Å². The molecule has 3 heterocycles. The third-order valence-electron chi connectivity index (χ3n) is 6.58. The Morgan fingerprint density at radius 3 is 3.00 bits per heavy atom. The number of carbonyl (C=O) groups is 1. The van der Waals surface area contributed by atoms with Gasteiger partial charge in [-0.15, -0.1) is 0 Å². The Labute approximate surface area is 199 Å². The Bertz CT molecular complexity index is 1040. The Hall–Kier alpha value is -2.51. The molecule has 0 radical (unpaired) electrons. The molecule has 0 spiro atoms. The van der Waals surface area contributed by atoms with E-state index >= 15 is 0 Å². The number of aliphatic carboxylic acids is 1. The molecule has 0 unspecified atom stereocenters. The SMILES string of the molecule is COc1ccc2nccc(CCC[C@@H]3CCN(CCCSc4ccco4)C[C@@H]3C(=O)O)c2c1. The van der Waals surface area contributed by atoms with Crippen LogP contribution in [0.5, 0.6) is 5.75 Å². The molecule has 0 saturated carbocycles. The van der Waals surface area contributed by atoms with Crippen molar-refractivity contribution in [3.05, 3.63) is 54.4 Å². The molecule has 0 bridgehead atoms. The van der Waals surface area contributed by atoms with Crippen molar-refractivity contribution in [2.24, 2.45) is 11.8 Å². The summed E-state index contributed by atoms with van der Waals surface area (Å²) in [7, 11) is 1.67. The average Bonchev–Trinajstić information content (AvgIpc) is 3.36. The highest BCUT2D eigenvalue weighted by Gasteiger charge is 2.33. The fourth-order valence-corrected chi connectivity index (χ4v) is 5.56. The lowest BCUT2D eigenvalue weighted by Crippen LogP contribution is -2.44. The number of thioether (sulfide) groups is 1. The van der Waals surface area contributed by atoms with E-state index in [9.17, 15) is 9.90 Å². The molecule has 176 valence electrons. The van der Waals surface area contributed by atoms with Crippen molar-refractivity contribution in [2.45, 2.75) is 37.2 Å². The van der Waals surface area contributed by atoms with Gasteiger partial charge >= 0.3 is 5.97 Å². The van der Waals surface area contributed by atoms with Crippen molar-refractivity contribution < 1.29 is 19.1 Å². The van der Waals surface area contributed by atoms with E-state index < -0.39 is 5.97 Å². The van der Waals surface area contributed by atoms with E-state index in [1.807, 2.05) is 36.5 Å². The van der Waals surface area contributed by atoms with Gasteiger partial charge in [-0.05, 0) is 93.1 Å². The van der Waals surface area contributed by atoms with Gasteiger partial charge in [0.2, 0.25) is 0 Å². The second kappa shape index (κ2) is 11.6. The van der Waals surface area contributed by atoms with Crippen molar-refractivity contribution >= 4 is 28.6 Å². The van der Waals surface area contributed by atoms with Crippen LogP contribution in [0.4, 0.5) is 0 Å². The number of aromatic nitrogens is 1. The zero-order valence-corrected chi connectivity index (χ0v) is 19.9. The van der Waals surface area contributed by atoms with Crippen molar-refractivity contribution in [1.82, 2.24) is 9.88 Å². The molecule has 4 rings (SSSR count). The molecule has 1 aromatic carbocycles. The minimum Gasteiger partial charge on any atom is -0.497 e. The first kappa shape index (κ1) is 23.6. The summed E-state index contributed by atoms with van der Waals surface area (Å²) < 4.78 is 10.7. The van der Waals surface area contributed by atoms with E-state index in [1.54, 1.807) is 25.1 Å².